The summed E-state index contributed by atoms with van der Waals surface area (Å²) in [6, 6.07) is 11.5. The maximum Gasteiger partial charge on any atom is 0.225 e. The highest BCUT2D eigenvalue weighted by atomic mass is 15.3. The Bertz CT molecular complexity index is 1090. The Balaban J connectivity index is 1.10. The van der Waals surface area contributed by atoms with Crippen LogP contribution in [0.3, 0.4) is 0 Å². The van der Waals surface area contributed by atoms with Gasteiger partial charge in [-0.05, 0) is 42.5 Å². The Morgan fingerprint density at radius 2 is 1.72 bits per heavy atom. The number of anilines is 1. The lowest BCUT2D eigenvalue weighted by Crippen LogP contribution is -2.52. The highest BCUT2D eigenvalue weighted by molar-refractivity contribution is 5.78. The number of fused-ring (bicyclic) bond motifs is 2. The number of hydrogen-bond acceptors (Lipinski definition) is 6. The predicted molar refractivity (Wildman–Crippen MR) is 128 cm³/mol. The average molecular weight is 429 g/mol. The largest absolute Gasteiger partial charge is 0.338 e. The van der Waals surface area contributed by atoms with Crippen LogP contribution in [0.5, 0.6) is 0 Å². The number of pyridine rings is 1. The number of benzene rings is 1. The molecule has 0 bridgehead atoms. The zero-order valence-corrected chi connectivity index (χ0v) is 18.8. The summed E-state index contributed by atoms with van der Waals surface area (Å²) in [4.78, 5) is 22.0. The van der Waals surface area contributed by atoms with Gasteiger partial charge in [0.05, 0.1) is 11.2 Å². The average Bonchev–Trinajstić information content (AvgIpc) is 3.00. The molecule has 1 saturated heterocycles. The van der Waals surface area contributed by atoms with E-state index in [9.17, 15) is 0 Å². The lowest BCUT2D eigenvalue weighted by Gasteiger charge is -2.43. The van der Waals surface area contributed by atoms with Crippen molar-refractivity contribution in [2.24, 2.45) is 0 Å². The van der Waals surface area contributed by atoms with E-state index in [0.717, 1.165) is 76.2 Å². The summed E-state index contributed by atoms with van der Waals surface area (Å²) in [6.45, 7) is 7.42. The van der Waals surface area contributed by atoms with E-state index in [1.807, 2.05) is 12.3 Å². The van der Waals surface area contributed by atoms with Gasteiger partial charge in [-0.2, -0.15) is 0 Å². The third kappa shape index (κ3) is 4.09. The zero-order valence-electron chi connectivity index (χ0n) is 18.8. The first-order valence-corrected chi connectivity index (χ1v) is 12.2. The molecule has 166 valence electrons. The minimum Gasteiger partial charge on any atom is -0.338 e. The van der Waals surface area contributed by atoms with Gasteiger partial charge in [0.2, 0.25) is 5.95 Å². The number of aromatic nitrogens is 3. The maximum absolute atomic E-state index is 5.04. The zero-order chi connectivity index (χ0) is 21.3. The Hall–Kier alpha value is -2.57. The number of nitrogens with zero attached hydrogens (tertiary/aromatic N) is 6. The van der Waals surface area contributed by atoms with Gasteiger partial charge in [-0.3, -0.25) is 14.8 Å². The quantitative estimate of drug-likeness (QED) is 0.636. The summed E-state index contributed by atoms with van der Waals surface area (Å²) >= 11 is 0. The molecule has 0 amide bonds. The van der Waals surface area contributed by atoms with Crippen LogP contribution in [0.4, 0.5) is 5.95 Å². The minimum atomic E-state index is 0.842. The van der Waals surface area contributed by atoms with Crippen molar-refractivity contribution in [1.82, 2.24) is 24.8 Å². The Labute approximate surface area is 190 Å². The van der Waals surface area contributed by atoms with E-state index in [1.54, 1.807) is 0 Å². The second-order valence-electron chi connectivity index (χ2n) is 9.56. The molecule has 3 aliphatic rings. The third-order valence-corrected chi connectivity index (χ3v) is 7.55. The van der Waals surface area contributed by atoms with Gasteiger partial charge in [-0.1, -0.05) is 24.6 Å². The standard InChI is InChI=1S/C26H32N6/c1-2-7-24-21(4-1)16-20(17-27-24)19-30-10-8-22-18-28-26(29-25(22)9-11-30)32-14-12-31(13-15-32)23-5-3-6-23/h1-2,4,7,16-18,23H,3,5-6,8-15,19H2. The molecule has 1 aromatic carbocycles. The number of piperazine rings is 1. The Morgan fingerprint density at radius 3 is 2.56 bits per heavy atom. The minimum absolute atomic E-state index is 0.842. The molecule has 3 aromatic rings. The maximum atomic E-state index is 5.04. The van der Waals surface area contributed by atoms with Gasteiger partial charge in [0, 0.05) is 76.1 Å². The SMILES string of the molecule is c1ccc2ncc(CN3CCc4cnc(N5CCN(C6CCC6)CC5)nc4CC3)cc2c1. The third-order valence-electron chi connectivity index (χ3n) is 7.55. The van der Waals surface area contributed by atoms with E-state index >= 15 is 0 Å². The second kappa shape index (κ2) is 8.75. The molecule has 2 aromatic heterocycles. The van der Waals surface area contributed by atoms with Gasteiger partial charge in [-0.25, -0.2) is 9.97 Å². The van der Waals surface area contributed by atoms with E-state index < -0.39 is 0 Å². The van der Waals surface area contributed by atoms with Crippen molar-refractivity contribution in [2.75, 3.05) is 44.2 Å². The molecule has 0 radical (unpaired) electrons. The molecule has 0 spiro atoms. The van der Waals surface area contributed by atoms with Crippen LogP contribution in [0.2, 0.25) is 0 Å². The lowest BCUT2D eigenvalue weighted by atomic mass is 9.91. The fourth-order valence-electron chi connectivity index (χ4n) is 5.32. The lowest BCUT2D eigenvalue weighted by molar-refractivity contribution is 0.120. The van der Waals surface area contributed by atoms with Crippen LogP contribution in [0.25, 0.3) is 10.9 Å². The Kier molecular flexibility index (Phi) is 5.49. The summed E-state index contributed by atoms with van der Waals surface area (Å²) in [5.41, 5.74) is 4.91. The van der Waals surface area contributed by atoms with Crippen molar-refractivity contribution in [3.63, 3.8) is 0 Å². The number of para-hydroxylation sites is 1. The molecule has 32 heavy (non-hydrogen) atoms. The normalized spacial score (nSPS) is 20.7. The molecular weight excluding hydrogens is 396 g/mol. The molecule has 4 heterocycles. The molecule has 0 atom stereocenters. The second-order valence-corrected chi connectivity index (χ2v) is 9.56. The van der Waals surface area contributed by atoms with Gasteiger partial charge in [0.1, 0.15) is 0 Å². The van der Waals surface area contributed by atoms with Gasteiger partial charge in [0.25, 0.3) is 0 Å². The molecule has 0 unspecified atom stereocenters. The van der Waals surface area contributed by atoms with Crippen LogP contribution in [0.15, 0.2) is 42.7 Å². The van der Waals surface area contributed by atoms with Crippen LogP contribution >= 0.6 is 0 Å². The molecule has 6 rings (SSSR count). The molecule has 0 N–H and O–H groups in total. The van der Waals surface area contributed by atoms with Gasteiger partial charge >= 0.3 is 0 Å². The summed E-state index contributed by atoms with van der Waals surface area (Å²) < 4.78 is 0. The first-order chi connectivity index (χ1) is 15.8. The van der Waals surface area contributed by atoms with Crippen LogP contribution in [-0.4, -0.2) is 70.1 Å². The van der Waals surface area contributed by atoms with Crippen LogP contribution in [0.1, 0.15) is 36.1 Å². The van der Waals surface area contributed by atoms with E-state index in [2.05, 4.69) is 50.1 Å². The van der Waals surface area contributed by atoms with Crippen molar-refractivity contribution < 1.29 is 0 Å². The summed E-state index contributed by atoms with van der Waals surface area (Å²) in [6.07, 6.45) is 10.3. The van der Waals surface area contributed by atoms with Crippen LogP contribution < -0.4 is 4.90 Å². The van der Waals surface area contributed by atoms with Crippen molar-refractivity contribution in [2.45, 2.75) is 44.7 Å². The van der Waals surface area contributed by atoms with Crippen molar-refractivity contribution >= 4 is 16.9 Å². The summed E-state index contributed by atoms with van der Waals surface area (Å²) in [5, 5.41) is 1.22. The van der Waals surface area contributed by atoms with E-state index in [4.69, 9.17) is 9.97 Å². The molecule has 1 saturated carbocycles. The highest BCUT2D eigenvalue weighted by Crippen LogP contribution is 2.26. The monoisotopic (exact) mass is 428 g/mol. The van der Waals surface area contributed by atoms with E-state index in [1.165, 1.54) is 41.5 Å². The smallest absolute Gasteiger partial charge is 0.225 e. The number of rotatable bonds is 4. The highest BCUT2D eigenvalue weighted by Gasteiger charge is 2.29. The van der Waals surface area contributed by atoms with Gasteiger partial charge < -0.3 is 4.90 Å². The topological polar surface area (TPSA) is 48.4 Å². The molecule has 2 aliphatic heterocycles. The van der Waals surface area contributed by atoms with Crippen molar-refractivity contribution in [3.05, 3.63) is 59.5 Å². The molecule has 6 nitrogen and oxygen atoms in total. The predicted octanol–water partition coefficient (Wildman–Crippen LogP) is 3.30. The summed E-state index contributed by atoms with van der Waals surface area (Å²) in [5.74, 6) is 0.934. The number of hydrogen-bond donors (Lipinski definition) is 0. The van der Waals surface area contributed by atoms with Crippen LogP contribution in [0, 0.1) is 0 Å². The fraction of sp³-hybridized carbons (Fsp3) is 0.500. The van der Waals surface area contributed by atoms with Gasteiger partial charge in [-0.15, -0.1) is 0 Å². The van der Waals surface area contributed by atoms with Crippen molar-refractivity contribution in [3.8, 4) is 0 Å². The summed E-state index contributed by atoms with van der Waals surface area (Å²) in [7, 11) is 0. The molecular formula is C26H32N6. The van der Waals surface area contributed by atoms with Crippen molar-refractivity contribution in [1.29, 1.82) is 0 Å². The molecule has 6 heteroatoms. The van der Waals surface area contributed by atoms with Crippen LogP contribution in [-0.2, 0) is 19.4 Å². The van der Waals surface area contributed by atoms with Gasteiger partial charge in [0.15, 0.2) is 0 Å². The first-order valence-electron chi connectivity index (χ1n) is 12.2. The first kappa shape index (κ1) is 20.1. The van der Waals surface area contributed by atoms with E-state index in [-0.39, 0.29) is 0 Å². The molecule has 2 fully saturated rings. The van der Waals surface area contributed by atoms with E-state index in [0.29, 0.717) is 0 Å². The Morgan fingerprint density at radius 1 is 0.875 bits per heavy atom. The fourth-order valence-corrected chi connectivity index (χ4v) is 5.32. The molecule has 1 aliphatic carbocycles.